The van der Waals surface area contributed by atoms with Crippen molar-refractivity contribution >= 4 is 23.4 Å². The number of ether oxygens (including phenoxy) is 2. The Kier molecular flexibility index (Phi) is 9.68. The summed E-state index contributed by atoms with van der Waals surface area (Å²) in [4.78, 5) is 53.2. The number of aromatic amines is 1. The van der Waals surface area contributed by atoms with E-state index in [0.717, 1.165) is 12.0 Å². The summed E-state index contributed by atoms with van der Waals surface area (Å²) in [6.07, 6.45) is 1.94. The molecule has 1 amide bonds. The molecular formula is C25H36N4O6. The van der Waals surface area contributed by atoms with Crippen molar-refractivity contribution in [3.05, 3.63) is 50.7 Å². The molecule has 0 saturated carbocycles. The molecule has 0 bridgehead atoms. The molecule has 10 heteroatoms. The first-order valence-corrected chi connectivity index (χ1v) is 11.8. The molecule has 10 nitrogen and oxygen atoms in total. The smallest absolute Gasteiger partial charge is 0.344 e. The Balaban J connectivity index is 2.08. The lowest BCUT2D eigenvalue weighted by molar-refractivity contribution is -0.149. The summed E-state index contributed by atoms with van der Waals surface area (Å²) in [6.45, 7) is 9.58. The number of carbonyl (C=O) groups is 2. The van der Waals surface area contributed by atoms with Crippen molar-refractivity contribution in [1.29, 1.82) is 0 Å². The number of carbonyl (C=O) groups excluding carboxylic acids is 2. The van der Waals surface area contributed by atoms with E-state index in [1.54, 1.807) is 12.1 Å². The molecule has 0 aliphatic heterocycles. The topological polar surface area (TPSA) is 137 Å². The largest absolute Gasteiger partial charge is 0.482 e. The van der Waals surface area contributed by atoms with Crippen LogP contribution in [-0.2, 0) is 26.3 Å². The van der Waals surface area contributed by atoms with Gasteiger partial charge < -0.3 is 20.1 Å². The SMILES string of the molecule is CCCCN(C(=O)COC(=O)COc1ccc(C(C)(C)C)cc1)c1c(N)n(CCC)c(=O)[nH]c1=O. The Bertz CT molecular complexity index is 1130. The molecule has 35 heavy (non-hydrogen) atoms. The van der Waals surface area contributed by atoms with Crippen molar-refractivity contribution in [3.8, 4) is 5.75 Å². The zero-order chi connectivity index (χ0) is 26.2. The molecule has 2 aromatic rings. The minimum absolute atomic E-state index is 0.00357. The molecule has 1 heterocycles. The maximum Gasteiger partial charge on any atom is 0.344 e. The van der Waals surface area contributed by atoms with Gasteiger partial charge >= 0.3 is 11.7 Å². The number of benzene rings is 1. The van der Waals surface area contributed by atoms with Crippen LogP contribution in [0.1, 0.15) is 59.4 Å². The van der Waals surface area contributed by atoms with Gasteiger partial charge in [0.05, 0.1) is 0 Å². The van der Waals surface area contributed by atoms with Crippen LogP contribution in [-0.4, -0.2) is 41.2 Å². The Morgan fingerprint density at radius 2 is 1.71 bits per heavy atom. The molecule has 0 aliphatic carbocycles. The maximum atomic E-state index is 12.9. The second-order valence-corrected chi connectivity index (χ2v) is 9.27. The molecule has 0 atom stereocenters. The molecule has 0 aliphatic rings. The maximum absolute atomic E-state index is 12.9. The van der Waals surface area contributed by atoms with Gasteiger partial charge in [0.15, 0.2) is 18.9 Å². The van der Waals surface area contributed by atoms with Crippen molar-refractivity contribution in [2.45, 2.75) is 65.8 Å². The van der Waals surface area contributed by atoms with Crippen molar-refractivity contribution in [2.75, 3.05) is 30.4 Å². The van der Waals surface area contributed by atoms with Gasteiger partial charge in [-0.15, -0.1) is 0 Å². The highest BCUT2D eigenvalue weighted by Gasteiger charge is 2.25. The number of aromatic nitrogens is 2. The Morgan fingerprint density at radius 3 is 2.29 bits per heavy atom. The lowest BCUT2D eigenvalue weighted by atomic mass is 9.87. The zero-order valence-corrected chi connectivity index (χ0v) is 21.2. The van der Waals surface area contributed by atoms with Crippen LogP contribution in [0.4, 0.5) is 11.5 Å². The first-order valence-electron chi connectivity index (χ1n) is 11.8. The van der Waals surface area contributed by atoms with Gasteiger partial charge in [0.2, 0.25) is 0 Å². The lowest BCUT2D eigenvalue weighted by Crippen LogP contribution is -2.43. The monoisotopic (exact) mass is 488 g/mol. The molecule has 1 aromatic heterocycles. The van der Waals surface area contributed by atoms with Gasteiger partial charge in [-0.2, -0.15) is 0 Å². The fourth-order valence-corrected chi connectivity index (χ4v) is 3.42. The van der Waals surface area contributed by atoms with E-state index in [0.29, 0.717) is 18.6 Å². The highest BCUT2D eigenvalue weighted by molar-refractivity contribution is 5.97. The van der Waals surface area contributed by atoms with E-state index in [2.05, 4.69) is 25.8 Å². The van der Waals surface area contributed by atoms with E-state index in [9.17, 15) is 19.2 Å². The van der Waals surface area contributed by atoms with Gasteiger partial charge in [-0.05, 0) is 36.0 Å². The summed E-state index contributed by atoms with van der Waals surface area (Å²) in [6, 6.07) is 7.39. The second-order valence-electron chi connectivity index (χ2n) is 9.27. The van der Waals surface area contributed by atoms with Crippen LogP contribution < -0.4 is 26.6 Å². The number of anilines is 2. The Labute approximate surface area is 205 Å². The van der Waals surface area contributed by atoms with E-state index >= 15 is 0 Å². The Morgan fingerprint density at radius 1 is 1.06 bits per heavy atom. The number of amides is 1. The number of nitrogens with two attached hydrogens (primary N) is 1. The van der Waals surface area contributed by atoms with E-state index in [-0.39, 0.29) is 36.6 Å². The number of H-pyrrole nitrogens is 1. The van der Waals surface area contributed by atoms with Crippen molar-refractivity contribution in [2.24, 2.45) is 0 Å². The van der Waals surface area contributed by atoms with Gasteiger partial charge in [0, 0.05) is 13.1 Å². The number of unbranched alkanes of at least 4 members (excludes halogenated alkanes) is 1. The van der Waals surface area contributed by atoms with Crippen molar-refractivity contribution in [3.63, 3.8) is 0 Å². The third-order valence-electron chi connectivity index (χ3n) is 5.40. The van der Waals surface area contributed by atoms with Crippen LogP contribution in [0.15, 0.2) is 33.9 Å². The van der Waals surface area contributed by atoms with Crippen LogP contribution in [0.25, 0.3) is 0 Å². The van der Waals surface area contributed by atoms with Gasteiger partial charge in [0.25, 0.3) is 11.5 Å². The minimum Gasteiger partial charge on any atom is -0.482 e. The summed E-state index contributed by atoms with van der Waals surface area (Å²) in [5.74, 6) is -0.950. The molecule has 0 saturated heterocycles. The van der Waals surface area contributed by atoms with E-state index < -0.39 is 29.7 Å². The zero-order valence-electron chi connectivity index (χ0n) is 21.2. The molecular weight excluding hydrogens is 452 g/mol. The Hall–Kier alpha value is -3.56. The van der Waals surface area contributed by atoms with Crippen LogP contribution >= 0.6 is 0 Å². The number of rotatable bonds is 11. The van der Waals surface area contributed by atoms with Crippen LogP contribution in [0, 0.1) is 0 Å². The first-order chi connectivity index (χ1) is 16.5. The minimum atomic E-state index is -0.766. The molecule has 0 unspecified atom stereocenters. The summed E-state index contributed by atoms with van der Waals surface area (Å²) < 4.78 is 11.8. The fourth-order valence-electron chi connectivity index (χ4n) is 3.42. The average Bonchev–Trinajstić information content (AvgIpc) is 2.80. The summed E-state index contributed by atoms with van der Waals surface area (Å²) in [7, 11) is 0. The standard InChI is InChI=1S/C25H36N4O6/c1-6-8-14-28(21-22(26)29(13-7-2)24(33)27-23(21)32)19(30)15-35-20(31)16-34-18-11-9-17(10-12-18)25(3,4)5/h9-12H,6-8,13-16,26H2,1-5H3,(H,27,32,33). The summed E-state index contributed by atoms with van der Waals surface area (Å²) >= 11 is 0. The number of hydrogen-bond acceptors (Lipinski definition) is 7. The van der Waals surface area contributed by atoms with Gasteiger partial charge in [-0.25, -0.2) is 9.59 Å². The van der Waals surface area contributed by atoms with Gasteiger partial charge in [0.1, 0.15) is 11.6 Å². The number of hydrogen-bond donors (Lipinski definition) is 2. The van der Waals surface area contributed by atoms with E-state index in [1.807, 2.05) is 26.0 Å². The van der Waals surface area contributed by atoms with Crippen LogP contribution in [0.3, 0.4) is 0 Å². The molecule has 192 valence electrons. The molecule has 3 N–H and O–H groups in total. The average molecular weight is 489 g/mol. The number of esters is 1. The normalized spacial score (nSPS) is 11.2. The van der Waals surface area contributed by atoms with Crippen molar-refractivity contribution in [1.82, 2.24) is 9.55 Å². The van der Waals surface area contributed by atoms with Gasteiger partial charge in [-0.3, -0.25) is 19.1 Å². The molecule has 1 aromatic carbocycles. The van der Waals surface area contributed by atoms with E-state index in [4.69, 9.17) is 15.2 Å². The molecule has 0 spiro atoms. The third-order valence-corrected chi connectivity index (χ3v) is 5.40. The predicted octanol–water partition coefficient (Wildman–Crippen LogP) is 2.58. The van der Waals surface area contributed by atoms with Crippen molar-refractivity contribution < 1.29 is 19.1 Å². The number of nitrogens with one attached hydrogen (secondary N) is 1. The molecule has 2 rings (SSSR count). The summed E-state index contributed by atoms with van der Waals surface area (Å²) in [5, 5.41) is 0. The van der Waals surface area contributed by atoms with Gasteiger partial charge in [-0.1, -0.05) is 53.2 Å². The number of nitrogen functional groups attached to an aromatic ring is 1. The number of nitrogens with zero attached hydrogens (tertiary/aromatic N) is 2. The second kappa shape index (κ2) is 12.2. The predicted molar refractivity (Wildman–Crippen MR) is 135 cm³/mol. The first kappa shape index (κ1) is 27.7. The summed E-state index contributed by atoms with van der Waals surface area (Å²) in [5.41, 5.74) is 5.71. The van der Waals surface area contributed by atoms with E-state index in [1.165, 1.54) is 9.47 Å². The highest BCUT2D eigenvalue weighted by atomic mass is 16.6. The quantitative estimate of drug-likeness (QED) is 0.464. The fraction of sp³-hybridized carbons (Fsp3) is 0.520. The molecule has 0 fully saturated rings. The highest BCUT2D eigenvalue weighted by Crippen LogP contribution is 2.24. The van der Waals surface area contributed by atoms with Crippen LogP contribution in [0.5, 0.6) is 5.75 Å². The molecule has 0 radical (unpaired) electrons. The lowest BCUT2D eigenvalue weighted by Gasteiger charge is -2.24. The third kappa shape index (κ3) is 7.46. The van der Waals surface area contributed by atoms with Crippen LogP contribution in [0.2, 0.25) is 0 Å².